The fourth-order valence-corrected chi connectivity index (χ4v) is 2.80. The van der Waals surface area contributed by atoms with Crippen LogP contribution in [-0.2, 0) is 0 Å². The third kappa shape index (κ3) is 4.76. The summed E-state index contributed by atoms with van der Waals surface area (Å²) in [7, 11) is 0. The average Bonchev–Trinajstić information content (AvgIpc) is 2.66. The van der Waals surface area contributed by atoms with Crippen LogP contribution in [0.25, 0.3) is 0 Å². The molecular formula is C15H22ClN3O. The van der Waals surface area contributed by atoms with Gasteiger partial charge in [0.05, 0.1) is 0 Å². The van der Waals surface area contributed by atoms with Gasteiger partial charge in [0.25, 0.3) is 5.91 Å². The number of hydrogen-bond acceptors (Lipinski definition) is 3. The first kappa shape index (κ1) is 15.3. The maximum absolute atomic E-state index is 12.0. The molecule has 1 aliphatic rings. The van der Waals surface area contributed by atoms with Crippen LogP contribution in [0.4, 0.5) is 0 Å². The van der Waals surface area contributed by atoms with Crippen LogP contribution in [0.1, 0.15) is 41.7 Å². The Balaban J connectivity index is 1.79. The molecule has 1 fully saturated rings. The smallest absolute Gasteiger partial charge is 0.251 e. The second-order valence-electron chi connectivity index (χ2n) is 5.33. The minimum atomic E-state index is -0.0766. The fourth-order valence-electron chi connectivity index (χ4n) is 2.55. The topological polar surface area (TPSA) is 45.2 Å². The standard InChI is InChI=1S/C15H22ClN3O/c1-12-10-13(11-14(16)18-12)15(20)17-6-9-19-7-4-2-3-5-8-19/h10-11H,2-9H2,1H3,(H,17,20). The van der Waals surface area contributed by atoms with Gasteiger partial charge in [-0.3, -0.25) is 4.79 Å². The van der Waals surface area contributed by atoms with E-state index >= 15 is 0 Å². The number of aryl methyl sites for hydroxylation is 1. The van der Waals surface area contributed by atoms with Gasteiger partial charge in [-0.15, -0.1) is 0 Å². The summed E-state index contributed by atoms with van der Waals surface area (Å²) in [6, 6.07) is 3.36. The van der Waals surface area contributed by atoms with Crippen LogP contribution in [0, 0.1) is 6.92 Å². The van der Waals surface area contributed by atoms with E-state index in [0.717, 1.165) is 25.3 Å². The number of halogens is 1. The van der Waals surface area contributed by atoms with Gasteiger partial charge in [0.1, 0.15) is 5.15 Å². The minimum absolute atomic E-state index is 0.0766. The second kappa shape index (κ2) is 7.60. The van der Waals surface area contributed by atoms with Crippen molar-refractivity contribution in [1.29, 1.82) is 0 Å². The van der Waals surface area contributed by atoms with E-state index in [4.69, 9.17) is 11.6 Å². The average molecular weight is 296 g/mol. The summed E-state index contributed by atoms with van der Waals surface area (Å²) >= 11 is 5.87. The van der Waals surface area contributed by atoms with E-state index < -0.39 is 0 Å². The molecule has 0 bridgehead atoms. The summed E-state index contributed by atoms with van der Waals surface area (Å²) < 4.78 is 0. The molecule has 1 amide bonds. The highest BCUT2D eigenvalue weighted by Gasteiger charge is 2.10. The molecule has 2 rings (SSSR count). The first-order chi connectivity index (χ1) is 9.65. The van der Waals surface area contributed by atoms with Gasteiger partial charge in [0.2, 0.25) is 0 Å². The molecule has 0 aliphatic carbocycles. The lowest BCUT2D eigenvalue weighted by Crippen LogP contribution is -2.35. The number of nitrogens with one attached hydrogen (secondary N) is 1. The summed E-state index contributed by atoms with van der Waals surface area (Å²) in [5.74, 6) is -0.0766. The summed E-state index contributed by atoms with van der Waals surface area (Å²) in [6.45, 7) is 5.73. The molecule has 1 saturated heterocycles. The Morgan fingerprint density at radius 2 is 2.00 bits per heavy atom. The highest BCUT2D eigenvalue weighted by molar-refractivity contribution is 6.29. The molecule has 1 N–H and O–H groups in total. The monoisotopic (exact) mass is 295 g/mol. The van der Waals surface area contributed by atoms with E-state index in [9.17, 15) is 4.79 Å². The minimum Gasteiger partial charge on any atom is -0.351 e. The van der Waals surface area contributed by atoms with Crippen molar-refractivity contribution in [2.75, 3.05) is 26.2 Å². The van der Waals surface area contributed by atoms with Crippen molar-refractivity contribution in [2.24, 2.45) is 0 Å². The lowest BCUT2D eigenvalue weighted by Gasteiger charge is -2.19. The Morgan fingerprint density at radius 1 is 1.30 bits per heavy atom. The van der Waals surface area contributed by atoms with E-state index in [2.05, 4.69) is 15.2 Å². The molecule has 5 heteroatoms. The Bertz CT molecular complexity index is 436. The molecule has 110 valence electrons. The van der Waals surface area contributed by atoms with Gasteiger partial charge >= 0.3 is 0 Å². The lowest BCUT2D eigenvalue weighted by molar-refractivity contribution is 0.0948. The third-order valence-electron chi connectivity index (χ3n) is 3.60. The molecule has 20 heavy (non-hydrogen) atoms. The van der Waals surface area contributed by atoms with Gasteiger partial charge in [-0.2, -0.15) is 0 Å². The number of likely N-dealkylation sites (tertiary alicyclic amines) is 1. The first-order valence-electron chi connectivity index (χ1n) is 7.30. The molecule has 0 saturated carbocycles. The molecule has 4 nitrogen and oxygen atoms in total. The normalized spacial score (nSPS) is 16.7. The van der Waals surface area contributed by atoms with Gasteiger partial charge in [-0.05, 0) is 45.0 Å². The third-order valence-corrected chi connectivity index (χ3v) is 3.79. The predicted octanol–water partition coefficient (Wildman–Crippen LogP) is 2.65. The van der Waals surface area contributed by atoms with E-state index in [0.29, 0.717) is 17.3 Å². The zero-order valence-electron chi connectivity index (χ0n) is 12.0. The van der Waals surface area contributed by atoms with Crippen molar-refractivity contribution in [3.8, 4) is 0 Å². The maximum Gasteiger partial charge on any atom is 0.251 e. The van der Waals surface area contributed by atoms with Crippen molar-refractivity contribution < 1.29 is 4.79 Å². The van der Waals surface area contributed by atoms with Gasteiger partial charge < -0.3 is 10.2 Å². The van der Waals surface area contributed by atoms with Crippen LogP contribution in [-0.4, -0.2) is 42.0 Å². The number of nitrogens with zero attached hydrogens (tertiary/aromatic N) is 2. The Morgan fingerprint density at radius 3 is 2.65 bits per heavy atom. The van der Waals surface area contributed by atoms with Crippen molar-refractivity contribution in [1.82, 2.24) is 15.2 Å². The highest BCUT2D eigenvalue weighted by atomic mass is 35.5. The van der Waals surface area contributed by atoms with E-state index in [-0.39, 0.29) is 5.91 Å². The number of rotatable bonds is 4. The van der Waals surface area contributed by atoms with Crippen molar-refractivity contribution in [3.05, 3.63) is 28.5 Å². The zero-order chi connectivity index (χ0) is 14.4. The van der Waals surface area contributed by atoms with Crippen LogP contribution in [0.3, 0.4) is 0 Å². The molecular weight excluding hydrogens is 274 g/mol. The van der Waals surface area contributed by atoms with Gasteiger partial charge in [-0.1, -0.05) is 24.4 Å². The number of hydrogen-bond donors (Lipinski definition) is 1. The highest BCUT2D eigenvalue weighted by Crippen LogP contribution is 2.11. The lowest BCUT2D eigenvalue weighted by atomic mass is 10.2. The van der Waals surface area contributed by atoms with E-state index in [1.165, 1.54) is 25.7 Å². The maximum atomic E-state index is 12.0. The van der Waals surface area contributed by atoms with Gasteiger partial charge in [0, 0.05) is 24.3 Å². The molecule has 1 aliphatic heterocycles. The van der Waals surface area contributed by atoms with Gasteiger partial charge in [0.15, 0.2) is 0 Å². The summed E-state index contributed by atoms with van der Waals surface area (Å²) in [5, 5.41) is 3.32. The molecule has 1 aromatic heterocycles. The Kier molecular flexibility index (Phi) is 5.80. The molecule has 0 atom stereocenters. The first-order valence-corrected chi connectivity index (χ1v) is 7.68. The van der Waals surface area contributed by atoms with Crippen molar-refractivity contribution in [3.63, 3.8) is 0 Å². The van der Waals surface area contributed by atoms with Crippen LogP contribution >= 0.6 is 11.6 Å². The molecule has 0 spiro atoms. The predicted molar refractivity (Wildman–Crippen MR) is 81.2 cm³/mol. The zero-order valence-corrected chi connectivity index (χ0v) is 12.7. The largest absolute Gasteiger partial charge is 0.351 e. The molecule has 0 aromatic carbocycles. The summed E-state index contributed by atoms with van der Waals surface area (Å²) in [5.41, 5.74) is 1.34. The Labute approximate surface area is 125 Å². The number of carbonyl (C=O) groups is 1. The van der Waals surface area contributed by atoms with Crippen molar-refractivity contribution >= 4 is 17.5 Å². The molecule has 0 radical (unpaired) electrons. The quantitative estimate of drug-likeness (QED) is 0.869. The van der Waals surface area contributed by atoms with E-state index in [1.807, 2.05) is 6.92 Å². The molecule has 0 unspecified atom stereocenters. The Hall–Kier alpha value is -1.13. The van der Waals surface area contributed by atoms with Crippen LogP contribution < -0.4 is 5.32 Å². The fraction of sp³-hybridized carbons (Fsp3) is 0.600. The number of pyridine rings is 1. The van der Waals surface area contributed by atoms with Crippen LogP contribution in [0.15, 0.2) is 12.1 Å². The molecule has 1 aromatic rings. The molecule has 2 heterocycles. The summed E-state index contributed by atoms with van der Waals surface area (Å²) in [6.07, 6.45) is 5.20. The van der Waals surface area contributed by atoms with Crippen molar-refractivity contribution in [2.45, 2.75) is 32.6 Å². The van der Waals surface area contributed by atoms with Gasteiger partial charge in [-0.25, -0.2) is 4.98 Å². The number of aromatic nitrogens is 1. The summed E-state index contributed by atoms with van der Waals surface area (Å²) in [4.78, 5) is 18.5. The van der Waals surface area contributed by atoms with Crippen LogP contribution in [0.2, 0.25) is 5.15 Å². The van der Waals surface area contributed by atoms with Crippen LogP contribution in [0.5, 0.6) is 0 Å². The SMILES string of the molecule is Cc1cc(C(=O)NCCN2CCCCCC2)cc(Cl)n1. The van der Waals surface area contributed by atoms with E-state index in [1.54, 1.807) is 12.1 Å². The second-order valence-corrected chi connectivity index (χ2v) is 5.72. The number of carbonyl (C=O) groups excluding carboxylic acids is 1. The number of amides is 1.